The zero-order chi connectivity index (χ0) is 14.5. The Hall–Kier alpha value is -1.71. The molecule has 0 bridgehead atoms. The van der Waals surface area contributed by atoms with Gasteiger partial charge in [-0.1, -0.05) is 36.4 Å². The Morgan fingerprint density at radius 3 is 2.81 bits per heavy atom. The lowest BCUT2D eigenvalue weighted by Crippen LogP contribution is -2.32. The van der Waals surface area contributed by atoms with Gasteiger partial charge < -0.3 is 5.32 Å². The number of aromatic nitrogens is 1. The average molecular weight is 281 g/mol. The van der Waals surface area contributed by atoms with Crippen LogP contribution in [0.25, 0.3) is 0 Å². The van der Waals surface area contributed by atoms with Crippen LogP contribution in [0.4, 0.5) is 0 Å². The summed E-state index contributed by atoms with van der Waals surface area (Å²) >= 11 is 0. The first kappa shape index (κ1) is 14.2. The maximum Gasteiger partial charge on any atom is 0.0541 e. The molecule has 0 aliphatic carbocycles. The third-order valence-electron chi connectivity index (χ3n) is 4.07. The SMILES string of the molecule is Cc1ccc(CNC2CCN(Cc3ccccc3)C2)nc1. The highest BCUT2D eigenvalue weighted by atomic mass is 15.2. The second-order valence-electron chi connectivity index (χ2n) is 5.91. The predicted molar refractivity (Wildman–Crippen MR) is 85.9 cm³/mol. The molecule has 1 aromatic heterocycles. The smallest absolute Gasteiger partial charge is 0.0541 e. The van der Waals surface area contributed by atoms with Gasteiger partial charge in [-0.25, -0.2) is 0 Å². The van der Waals surface area contributed by atoms with Crippen molar-refractivity contribution in [2.45, 2.75) is 32.5 Å². The summed E-state index contributed by atoms with van der Waals surface area (Å²) in [6.07, 6.45) is 3.16. The van der Waals surface area contributed by atoms with Crippen LogP contribution in [-0.4, -0.2) is 29.0 Å². The van der Waals surface area contributed by atoms with Crippen LogP contribution in [0.15, 0.2) is 48.7 Å². The van der Waals surface area contributed by atoms with Crippen LogP contribution in [0.3, 0.4) is 0 Å². The van der Waals surface area contributed by atoms with Crippen LogP contribution >= 0.6 is 0 Å². The summed E-state index contributed by atoms with van der Waals surface area (Å²) in [6, 6.07) is 15.5. The van der Waals surface area contributed by atoms with Gasteiger partial charge in [0.05, 0.1) is 5.69 Å². The summed E-state index contributed by atoms with van der Waals surface area (Å²) in [7, 11) is 0. The molecular weight excluding hydrogens is 258 g/mol. The van der Waals surface area contributed by atoms with Crippen molar-refractivity contribution >= 4 is 0 Å². The minimum Gasteiger partial charge on any atom is -0.307 e. The maximum atomic E-state index is 4.45. The van der Waals surface area contributed by atoms with Gasteiger partial charge in [-0.2, -0.15) is 0 Å². The zero-order valence-electron chi connectivity index (χ0n) is 12.6. The Bertz CT molecular complexity index is 550. The third-order valence-corrected chi connectivity index (χ3v) is 4.07. The lowest BCUT2D eigenvalue weighted by molar-refractivity contribution is 0.319. The molecule has 3 rings (SSSR count). The van der Waals surface area contributed by atoms with Crippen LogP contribution in [0.5, 0.6) is 0 Å². The van der Waals surface area contributed by atoms with E-state index in [1.54, 1.807) is 0 Å². The molecule has 3 nitrogen and oxygen atoms in total. The second-order valence-corrected chi connectivity index (χ2v) is 5.91. The zero-order valence-corrected chi connectivity index (χ0v) is 12.6. The summed E-state index contributed by atoms with van der Waals surface area (Å²) in [4.78, 5) is 6.97. The number of nitrogens with zero attached hydrogens (tertiary/aromatic N) is 2. The molecule has 2 heterocycles. The Balaban J connectivity index is 1.45. The first-order chi connectivity index (χ1) is 10.3. The molecular formula is C18H23N3. The fourth-order valence-corrected chi connectivity index (χ4v) is 2.84. The molecule has 110 valence electrons. The number of hydrogen-bond acceptors (Lipinski definition) is 3. The van der Waals surface area contributed by atoms with Crippen LogP contribution in [0.2, 0.25) is 0 Å². The van der Waals surface area contributed by atoms with Crippen molar-refractivity contribution < 1.29 is 0 Å². The molecule has 1 aromatic carbocycles. The van der Waals surface area contributed by atoms with Crippen molar-refractivity contribution in [1.82, 2.24) is 15.2 Å². The summed E-state index contributed by atoms with van der Waals surface area (Å²) in [5.74, 6) is 0. The molecule has 1 N–H and O–H groups in total. The average Bonchev–Trinajstić information content (AvgIpc) is 2.95. The number of rotatable bonds is 5. The number of aryl methyl sites for hydroxylation is 1. The standard InChI is InChI=1S/C18H23N3/c1-15-7-8-17(19-11-15)12-20-18-9-10-21(14-18)13-16-5-3-2-4-6-16/h2-8,11,18,20H,9-10,12-14H2,1H3. The highest BCUT2D eigenvalue weighted by Crippen LogP contribution is 2.13. The van der Waals surface area contributed by atoms with Crippen molar-refractivity contribution in [3.63, 3.8) is 0 Å². The molecule has 1 unspecified atom stereocenters. The number of nitrogens with one attached hydrogen (secondary N) is 1. The highest BCUT2D eigenvalue weighted by Gasteiger charge is 2.21. The molecule has 0 saturated carbocycles. The van der Waals surface area contributed by atoms with Crippen molar-refractivity contribution in [2.75, 3.05) is 13.1 Å². The Morgan fingerprint density at radius 1 is 1.19 bits per heavy atom. The number of hydrogen-bond donors (Lipinski definition) is 1. The van der Waals surface area contributed by atoms with Crippen molar-refractivity contribution in [3.8, 4) is 0 Å². The number of pyridine rings is 1. The van der Waals surface area contributed by atoms with E-state index in [-0.39, 0.29) is 0 Å². The highest BCUT2D eigenvalue weighted by molar-refractivity contribution is 5.15. The Morgan fingerprint density at radius 2 is 2.05 bits per heavy atom. The van der Waals surface area contributed by atoms with Gasteiger partial charge >= 0.3 is 0 Å². The number of likely N-dealkylation sites (tertiary alicyclic amines) is 1. The minimum absolute atomic E-state index is 0.580. The molecule has 1 aliphatic heterocycles. The fourth-order valence-electron chi connectivity index (χ4n) is 2.84. The Kier molecular flexibility index (Phi) is 4.63. The predicted octanol–water partition coefficient (Wildman–Crippen LogP) is 2.75. The van der Waals surface area contributed by atoms with Gasteiger partial charge in [-0.15, -0.1) is 0 Å². The summed E-state index contributed by atoms with van der Waals surface area (Å²) in [5, 5.41) is 3.63. The van der Waals surface area contributed by atoms with Gasteiger partial charge in [0, 0.05) is 38.4 Å². The van der Waals surface area contributed by atoms with E-state index in [1.165, 1.54) is 24.1 Å². The maximum absolute atomic E-state index is 4.45. The van der Waals surface area contributed by atoms with Crippen LogP contribution < -0.4 is 5.32 Å². The van der Waals surface area contributed by atoms with Gasteiger partial charge in [0.25, 0.3) is 0 Å². The molecule has 21 heavy (non-hydrogen) atoms. The van der Waals surface area contributed by atoms with Crippen LogP contribution in [0, 0.1) is 6.92 Å². The first-order valence-corrected chi connectivity index (χ1v) is 7.71. The van der Waals surface area contributed by atoms with Crippen LogP contribution in [0.1, 0.15) is 23.2 Å². The van der Waals surface area contributed by atoms with E-state index in [4.69, 9.17) is 0 Å². The number of benzene rings is 1. The van der Waals surface area contributed by atoms with E-state index in [0.717, 1.165) is 25.3 Å². The molecule has 1 saturated heterocycles. The van der Waals surface area contributed by atoms with E-state index < -0.39 is 0 Å². The van der Waals surface area contributed by atoms with E-state index >= 15 is 0 Å². The van der Waals surface area contributed by atoms with E-state index in [9.17, 15) is 0 Å². The quantitative estimate of drug-likeness (QED) is 0.913. The normalized spacial score (nSPS) is 19.0. The largest absolute Gasteiger partial charge is 0.307 e. The second kappa shape index (κ2) is 6.83. The molecule has 0 amide bonds. The summed E-state index contributed by atoms with van der Waals surface area (Å²) < 4.78 is 0. The lowest BCUT2D eigenvalue weighted by Gasteiger charge is -2.16. The van der Waals surface area contributed by atoms with Crippen molar-refractivity contribution in [2.24, 2.45) is 0 Å². The Labute approximate surface area is 127 Å². The van der Waals surface area contributed by atoms with E-state index in [2.05, 4.69) is 64.6 Å². The fraction of sp³-hybridized carbons (Fsp3) is 0.389. The minimum atomic E-state index is 0.580. The molecule has 3 heteroatoms. The third kappa shape index (κ3) is 4.13. The summed E-state index contributed by atoms with van der Waals surface area (Å²) in [6.45, 7) is 6.29. The van der Waals surface area contributed by atoms with Gasteiger partial charge in [0.15, 0.2) is 0 Å². The monoisotopic (exact) mass is 281 g/mol. The molecule has 0 radical (unpaired) electrons. The van der Waals surface area contributed by atoms with Gasteiger partial charge in [-0.05, 0) is 30.5 Å². The van der Waals surface area contributed by atoms with E-state index in [0.29, 0.717) is 6.04 Å². The topological polar surface area (TPSA) is 28.2 Å². The van der Waals surface area contributed by atoms with E-state index in [1.807, 2.05) is 6.20 Å². The summed E-state index contributed by atoms with van der Waals surface area (Å²) in [5.41, 5.74) is 3.74. The molecule has 1 fully saturated rings. The van der Waals surface area contributed by atoms with Gasteiger partial charge in [0.2, 0.25) is 0 Å². The molecule has 0 spiro atoms. The van der Waals surface area contributed by atoms with Gasteiger partial charge in [0.1, 0.15) is 0 Å². The lowest BCUT2D eigenvalue weighted by atomic mass is 10.2. The van der Waals surface area contributed by atoms with Crippen LogP contribution in [-0.2, 0) is 13.1 Å². The molecule has 2 aromatic rings. The molecule has 1 aliphatic rings. The van der Waals surface area contributed by atoms with Crippen molar-refractivity contribution in [3.05, 3.63) is 65.5 Å². The first-order valence-electron chi connectivity index (χ1n) is 7.71. The van der Waals surface area contributed by atoms with Gasteiger partial charge in [-0.3, -0.25) is 9.88 Å². The van der Waals surface area contributed by atoms with Crippen molar-refractivity contribution in [1.29, 1.82) is 0 Å². The molecule has 1 atom stereocenters.